The Balaban J connectivity index is 1.60. The van der Waals surface area contributed by atoms with Crippen molar-refractivity contribution in [1.29, 1.82) is 0 Å². The molecule has 2 heterocycles. The number of benzene rings is 3. The number of nitrogens with zero attached hydrogens (tertiary/aromatic N) is 2. The Labute approximate surface area is 277 Å². The summed E-state index contributed by atoms with van der Waals surface area (Å²) in [5.41, 5.74) is 2.62. The summed E-state index contributed by atoms with van der Waals surface area (Å²) in [5, 5.41) is 0.647. The predicted octanol–water partition coefficient (Wildman–Crippen LogP) is 5.82. The molecule has 0 amide bonds. The second-order valence-electron chi connectivity index (χ2n) is 9.86. The summed E-state index contributed by atoms with van der Waals surface area (Å²) >= 11 is 10.8. The van der Waals surface area contributed by atoms with Crippen LogP contribution in [-0.4, -0.2) is 38.5 Å². The molecular formula is C33H30BrClN2O7S. The minimum atomic E-state index is -0.840. The number of methoxy groups -OCH3 is 3. The van der Waals surface area contributed by atoms with Gasteiger partial charge in [-0.3, -0.25) is 9.36 Å². The van der Waals surface area contributed by atoms with Crippen LogP contribution >= 0.6 is 38.9 Å². The molecule has 1 aliphatic rings. The molecule has 4 aromatic rings. The van der Waals surface area contributed by atoms with E-state index in [2.05, 4.69) is 20.9 Å². The van der Waals surface area contributed by atoms with Crippen LogP contribution < -0.4 is 33.8 Å². The van der Waals surface area contributed by atoms with Gasteiger partial charge in [0.15, 0.2) is 16.3 Å². The van der Waals surface area contributed by atoms with Gasteiger partial charge in [0.25, 0.3) is 5.56 Å². The van der Waals surface area contributed by atoms with Crippen molar-refractivity contribution in [3.63, 3.8) is 0 Å². The van der Waals surface area contributed by atoms with Gasteiger partial charge in [-0.1, -0.05) is 35.1 Å². The van der Waals surface area contributed by atoms with Crippen LogP contribution in [0, 0.1) is 0 Å². The quantitative estimate of drug-likeness (QED) is 0.191. The summed E-state index contributed by atoms with van der Waals surface area (Å²) < 4.78 is 30.7. The summed E-state index contributed by atoms with van der Waals surface area (Å²) in [7, 11) is 4.63. The summed E-state index contributed by atoms with van der Waals surface area (Å²) in [6.45, 7) is 3.94. The van der Waals surface area contributed by atoms with E-state index in [0.717, 1.165) is 5.56 Å². The fourth-order valence-electron chi connectivity index (χ4n) is 4.98. The summed E-state index contributed by atoms with van der Waals surface area (Å²) in [6.07, 6.45) is 1.76. The molecule has 0 saturated heterocycles. The fourth-order valence-corrected chi connectivity index (χ4v) is 6.73. The molecule has 1 aromatic heterocycles. The Bertz CT molecular complexity index is 1970. The zero-order chi connectivity index (χ0) is 32.2. The van der Waals surface area contributed by atoms with Crippen molar-refractivity contribution >= 4 is 50.9 Å². The van der Waals surface area contributed by atoms with Gasteiger partial charge in [0.2, 0.25) is 0 Å². The van der Waals surface area contributed by atoms with Crippen LogP contribution in [0.1, 0.15) is 36.6 Å². The lowest BCUT2D eigenvalue weighted by Gasteiger charge is -2.26. The molecule has 234 valence electrons. The molecule has 0 spiro atoms. The number of halogens is 2. The average Bonchev–Trinajstić information content (AvgIpc) is 3.33. The minimum Gasteiger partial charge on any atom is -0.497 e. The lowest BCUT2D eigenvalue weighted by molar-refractivity contribution is -0.139. The zero-order valence-electron chi connectivity index (χ0n) is 25.2. The van der Waals surface area contributed by atoms with Gasteiger partial charge in [0, 0.05) is 16.7 Å². The first kappa shape index (κ1) is 32.3. The number of rotatable bonds is 10. The Hall–Kier alpha value is -4.06. The maximum atomic E-state index is 14.1. The minimum absolute atomic E-state index is 0.169. The Morgan fingerprint density at radius 2 is 1.78 bits per heavy atom. The van der Waals surface area contributed by atoms with E-state index in [1.165, 1.54) is 23.0 Å². The highest BCUT2D eigenvalue weighted by atomic mass is 79.9. The number of thiazole rings is 1. The topological polar surface area (TPSA) is 97.6 Å². The molecule has 0 radical (unpaired) electrons. The number of hydrogen-bond donors (Lipinski definition) is 0. The summed E-state index contributed by atoms with van der Waals surface area (Å²) in [5.74, 6) is 1.47. The molecular weight excluding hydrogens is 684 g/mol. The Kier molecular flexibility index (Phi) is 10.0. The first-order valence-corrected chi connectivity index (χ1v) is 15.8. The van der Waals surface area contributed by atoms with Gasteiger partial charge in [0.1, 0.15) is 24.1 Å². The molecule has 3 aromatic carbocycles. The van der Waals surface area contributed by atoms with Crippen LogP contribution in [0.2, 0.25) is 5.02 Å². The molecule has 0 aliphatic carbocycles. The highest BCUT2D eigenvalue weighted by Gasteiger charge is 2.35. The monoisotopic (exact) mass is 712 g/mol. The van der Waals surface area contributed by atoms with Gasteiger partial charge < -0.3 is 23.7 Å². The molecule has 0 unspecified atom stereocenters. The number of esters is 1. The van der Waals surface area contributed by atoms with E-state index in [9.17, 15) is 9.59 Å². The molecule has 0 fully saturated rings. The highest BCUT2D eigenvalue weighted by Crippen LogP contribution is 2.39. The second kappa shape index (κ2) is 13.9. The van der Waals surface area contributed by atoms with Crippen molar-refractivity contribution < 1.29 is 28.5 Å². The third kappa shape index (κ3) is 6.66. The van der Waals surface area contributed by atoms with Crippen molar-refractivity contribution in [2.45, 2.75) is 26.5 Å². The van der Waals surface area contributed by atoms with E-state index in [1.807, 2.05) is 18.2 Å². The predicted molar refractivity (Wildman–Crippen MR) is 176 cm³/mol. The van der Waals surface area contributed by atoms with Crippen LogP contribution in [0.4, 0.5) is 0 Å². The van der Waals surface area contributed by atoms with E-state index in [1.54, 1.807) is 70.5 Å². The third-order valence-electron chi connectivity index (χ3n) is 7.10. The van der Waals surface area contributed by atoms with E-state index < -0.39 is 12.0 Å². The number of carbonyl (C=O) groups excluding carboxylic acids is 1. The first-order valence-electron chi connectivity index (χ1n) is 13.8. The van der Waals surface area contributed by atoms with Gasteiger partial charge in [-0.15, -0.1) is 0 Å². The normalized spacial score (nSPS) is 14.5. The average molecular weight is 714 g/mol. The summed E-state index contributed by atoms with van der Waals surface area (Å²) in [6, 6.07) is 15.4. The molecule has 5 rings (SSSR count). The van der Waals surface area contributed by atoms with Gasteiger partial charge in [-0.05, 0) is 83.4 Å². The molecule has 0 bridgehead atoms. The van der Waals surface area contributed by atoms with E-state index >= 15 is 0 Å². The molecule has 0 saturated carbocycles. The number of fused-ring (bicyclic) bond motifs is 1. The van der Waals surface area contributed by atoms with Gasteiger partial charge in [0.05, 0.1) is 48.2 Å². The van der Waals surface area contributed by atoms with Crippen LogP contribution in [-0.2, 0) is 16.1 Å². The van der Waals surface area contributed by atoms with Gasteiger partial charge >= 0.3 is 5.97 Å². The van der Waals surface area contributed by atoms with E-state index in [-0.39, 0.29) is 17.7 Å². The van der Waals surface area contributed by atoms with Crippen LogP contribution in [0.15, 0.2) is 80.1 Å². The number of carbonyl (C=O) groups is 1. The largest absolute Gasteiger partial charge is 0.497 e. The standard InChI is InChI=1S/C33H30BrClN2O7S/c1-6-43-32(39)28-18(2)36-33-37(29(28)23-12-11-22(40-3)16-25(23)41-4)31(38)27(45-33)15-20-13-24(34)30(26(14-20)42-5)44-17-19-7-9-21(35)10-8-19/h7-16,29H,6,17H2,1-5H3/b27-15-/t29-/m1/s1. The second-order valence-corrected chi connectivity index (χ2v) is 12.2. The lowest BCUT2D eigenvalue weighted by Crippen LogP contribution is -2.40. The maximum absolute atomic E-state index is 14.1. The molecule has 1 atom stereocenters. The van der Waals surface area contributed by atoms with Gasteiger partial charge in [-0.25, -0.2) is 9.79 Å². The maximum Gasteiger partial charge on any atom is 0.338 e. The third-order valence-corrected chi connectivity index (χ3v) is 8.92. The van der Waals surface area contributed by atoms with Crippen LogP contribution in [0.3, 0.4) is 0 Å². The number of hydrogen-bond acceptors (Lipinski definition) is 9. The fraction of sp³-hybridized carbons (Fsp3) is 0.242. The van der Waals surface area contributed by atoms with E-state index in [4.69, 9.17) is 35.3 Å². The van der Waals surface area contributed by atoms with E-state index in [0.29, 0.717) is 65.3 Å². The smallest absolute Gasteiger partial charge is 0.338 e. The number of allylic oxidation sites excluding steroid dienone is 1. The van der Waals surface area contributed by atoms with Crippen molar-refractivity contribution in [3.05, 3.63) is 112 Å². The van der Waals surface area contributed by atoms with Gasteiger partial charge in [-0.2, -0.15) is 0 Å². The molecule has 45 heavy (non-hydrogen) atoms. The molecule has 12 heteroatoms. The molecule has 0 N–H and O–H groups in total. The van der Waals surface area contributed by atoms with Crippen LogP contribution in [0.25, 0.3) is 6.08 Å². The number of aromatic nitrogens is 1. The molecule has 1 aliphatic heterocycles. The summed E-state index contributed by atoms with van der Waals surface area (Å²) in [4.78, 5) is 32.5. The Morgan fingerprint density at radius 3 is 2.44 bits per heavy atom. The van der Waals surface area contributed by atoms with Crippen molar-refractivity contribution in [1.82, 2.24) is 4.57 Å². The van der Waals surface area contributed by atoms with Crippen molar-refractivity contribution in [3.8, 4) is 23.0 Å². The zero-order valence-corrected chi connectivity index (χ0v) is 28.3. The number of ether oxygens (including phenoxy) is 5. The SMILES string of the molecule is CCOC(=O)C1=C(C)N=c2s/c(=C\c3cc(Br)c(OCc4ccc(Cl)cc4)c(OC)c3)c(=O)n2[C@@H]1c1ccc(OC)cc1OC. The van der Waals surface area contributed by atoms with Crippen LogP contribution in [0.5, 0.6) is 23.0 Å². The first-order chi connectivity index (χ1) is 21.7. The van der Waals surface area contributed by atoms with Crippen molar-refractivity contribution in [2.24, 2.45) is 4.99 Å². The van der Waals surface area contributed by atoms with Crippen molar-refractivity contribution in [2.75, 3.05) is 27.9 Å². The Morgan fingerprint density at radius 1 is 1.04 bits per heavy atom. The molecule has 9 nitrogen and oxygen atoms in total. The highest BCUT2D eigenvalue weighted by molar-refractivity contribution is 9.10. The lowest BCUT2D eigenvalue weighted by atomic mass is 9.95.